The molecule has 2 aromatic rings. The Labute approximate surface area is 105 Å². The number of nitrogens with two attached hydrogens (primary N) is 1. The summed E-state index contributed by atoms with van der Waals surface area (Å²) < 4.78 is 5.11. The van der Waals surface area contributed by atoms with Crippen LogP contribution in [-0.2, 0) is 16.1 Å². The predicted octanol–water partition coefficient (Wildman–Crippen LogP) is 1.22. The fourth-order valence-corrected chi connectivity index (χ4v) is 1.41. The quantitative estimate of drug-likeness (QED) is 0.817. The average Bonchev–Trinajstić information content (AvgIpc) is 2.46. The molecule has 1 aromatic heterocycles. The van der Waals surface area contributed by atoms with E-state index in [1.807, 2.05) is 30.3 Å². The Morgan fingerprint density at radius 2 is 2.06 bits per heavy atom. The maximum atomic E-state index is 11.7. The van der Waals surface area contributed by atoms with E-state index in [4.69, 9.17) is 10.5 Å². The summed E-state index contributed by atoms with van der Waals surface area (Å²) in [5.41, 5.74) is 7.04. The highest BCUT2D eigenvalue weighted by molar-refractivity contribution is 5.76. The van der Waals surface area contributed by atoms with E-state index in [9.17, 15) is 4.79 Å². The number of esters is 1. The summed E-state index contributed by atoms with van der Waals surface area (Å²) in [6, 6.07) is 8.51. The van der Waals surface area contributed by atoms with Crippen LogP contribution in [0.4, 0.5) is 0 Å². The second-order valence-corrected chi connectivity index (χ2v) is 3.70. The molecule has 0 saturated heterocycles. The Balaban J connectivity index is 1.93. The largest absolute Gasteiger partial charge is 0.459 e. The van der Waals surface area contributed by atoms with Gasteiger partial charge in [-0.3, -0.25) is 9.97 Å². The van der Waals surface area contributed by atoms with Crippen molar-refractivity contribution in [3.8, 4) is 0 Å². The minimum atomic E-state index is -0.901. The average molecular weight is 243 g/mol. The molecule has 5 nitrogen and oxygen atoms in total. The number of ether oxygens (including phenoxy) is 1. The molecule has 0 aliphatic carbocycles. The molecular weight excluding hydrogens is 230 g/mol. The predicted molar refractivity (Wildman–Crippen MR) is 65.2 cm³/mol. The van der Waals surface area contributed by atoms with Crippen LogP contribution in [0.1, 0.15) is 17.3 Å². The van der Waals surface area contributed by atoms with Gasteiger partial charge in [0.1, 0.15) is 12.6 Å². The van der Waals surface area contributed by atoms with Crippen molar-refractivity contribution >= 4 is 5.97 Å². The standard InChI is InChI=1S/C13H13N3O2/c14-12(11-8-15-6-7-16-11)13(17)18-9-10-4-2-1-3-5-10/h1-8,12H,9,14H2. The van der Waals surface area contributed by atoms with Crippen LogP contribution in [0.25, 0.3) is 0 Å². The van der Waals surface area contributed by atoms with Crippen molar-refractivity contribution in [2.24, 2.45) is 5.73 Å². The molecule has 0 spiro atoms. The lowest BCUT2D eigenvalue weighted by molar-refractivity contribution is -0.146. The molecule has 0 amide bonds. The Morgan fingerprint density at radius 3 is 2.72 bits per heavy atom. The molecule has 0 fully saturated rings. The number of carbonyl (C=O) groups is 1. The third-order valence-corrected chi connectivity index (χ3v) is 2.38. The monoisotopic (exact) mass is 243 g/mol. The Hall–Kier alpha value is -2.27. The van der Waals surface area contributed by atoms with Crippen LogP contribution >= 0.6 is 0 Å². The van der Waals surface area contributed by atoms with E-state index in [2.05, 4.69) is 9.97 Å². The third-order valence-electron chi connectivity index (χ3n) is 2.38. The molecule has 0 saturated carbocycles. The van der Waals surface area contributed by atoms with Crippen molar-refractivity contribution in [3.63, 3.8) is 0 Å². The first-order valence-electron chi connectivity index (χ1n) is 5.49. The fraction of sp³-hybridized carbons (Fsp3) is 0.154. The van der Waals surface area contributed by atoms with Gasteiger partial charge in [-0.05, 0) is 5.56 Å². The van der Waals surface area contributed by atoms with Crippen LogP contribution in [0.2, 0.25) is 0 Å². The zero-order chi connectivity index (χ0) is 12.8. The van der Waals surface area contributed by atoms with Crippen molar-refractivity contribution in [2.75, 3.05) is 0 Å². The summed E-state index contributed by atoms with van der Waals surface area (Å²) >= 11 is 0. The van der Waals surface area contributed by atoms with Gasteiger partial charge in [-0.2, -0.15) is 0 Å². The van der Waals surface area contributed by atoms with Gasteiger partial charge in [-0.15, -0.1) is 0 Å². The number of nitrogens with zero attached hydrogens (tertiary/aromatic N) is 2. The molecular formula is C13H13N3O2. The molecule has 0 radical (unpaired) electrons. The van der Waals surface area contributed by atoms with Crippen molar-refractivity contribution in [2.45, 2.75) is 12.6 Å². The highest BCUT2D eigenvalue weighted by atomic mass is 16.5. The third kappa shape index (κ3) is 3.11. The van der Waals surface area contributed by atoms with Crippen LogP contribution in [0.15, 0.2) is 48.9 Å². The molecule has 0 aliphatic heterocycles. The Kier molecular flexibility index (Phi) is 3.98. The lowest BCUT2D eigenvalue weighted by Gasteiger charge is -2.10. The van der Waals surface area contributed by atoms with Crippen molar-refractivity contribution in [1.29, 1.82) is 0 Å². The van der Waals surface area contributed by atoms with Crippen LogP contribution in [0.3, 0.4) is 0 Å². The van der Waals surface area contributed by atoms with Crippen LogP contribution in [0, 0.1) is 0 Å². The summed E-state index contributed by atoms with van der Waals surface area (Å²) in [6.07, 6.45) is 4.46. The van der Waals surface area contributed by atoms with E-state index in [0.29, 0.717) is 5.69 Å². The summed E-state index contributed by atoms with van der Waals surface area (Å²) in [6.45, 7) is 0.202. The first-order valence-corrected chi connectivity index (χ1v) is 5.49. The molecule has 1 heterocycles. The van der Waals surface area contributed by atoms with Gasteiger partial charge in [0.05, 0.1) is 11.9 Å². The molecule has 1 unspecified atom stereocenters. The highest BCUT2D eigenvalue weighted by Gasteiger charge is 2.18. The van der Waals surface area contributed by atoms with Crippen molar-refractivity contribution in [1.82, 2.24) is 9.97 Å². The second kappa shape index (κ2) is 5.88. The number of benzene rings is 1. The zero-order valence-corrected chi connectivity index (χ0v) is 9.69. The Bertz CT molecular complexity index is 502. The van der Waals surface area contributed by atoms with Crippen LogP contribution in [-0.4, -0.2) is 15.9 Å². The smallest absolute Gasteiger partial charge is 0.329 e. The van der Waals surface area contributed by atoms with Gasteiger partial charge < -0.3 is 10.5 Å². The molecule has 1 aromatic carbocycles. The first-order chi connectivity index (χ1) is 8.77. The van der Waals surface area contributed by atoms with E-state index >= 15 is 0 Å². The maximum absolute atomic E-state index is 11.7. The van der Waals surface area contributed by atoms with E-state index < -0.39 is 12.0 Å². The fourth-order valence-electron chi connectivity index (χ4n) is 1.41. The summed E-state index contributed by atoms with van der Waals surface area (Å²) in [7, 11) is 0. The topological polar surface area (TPSA) is 78.1 Å². The van der Waals surface area contributed by atoms with Gasteiger partial charge in [-0.25, -0.2) is 4.79 Å². The van der Waals surface area contributed by atoms with E-state index in [1.165, 1.54) is 18.6 Å². The summed E-state index contributed by atoms with van der Waals surface area (Å²) in [5.74, 6) is -0.514. The molecule has 0 bridgehead atoms. The van der Waals surface area contributed by atoms with Gasteiger partial charge in [0.15, 0.2) is 0 Å². The number of carbonyl (C=O) groups excluding carboxylic acids is 1. The van der Waals surface area contributed by atoms with E-state index in [0.717, 1.165) is 5.56 Å². The number of rotatable bonds is 4. The van der Waals surface area contributed by atoms with Gasteiger partial charge in [0, 0.05) is 12.4 Å². The number of aromatic nitrogens is 2. The molecule has 18 heavy (non-hydrogen) atoms. The van der Waals surface area contributed by atoms with E-state index in [-0.39, 0.29) is 6.61 Å². The zero-order valence-electron chi connectivity index (χ0n) is 9.69. The Morgan fingerprint density at radius 1 is 1.28 bits per heavy atom. The van der Waals surface area contributed by atoms with E-state index in [1.54, 1.807) is 0 Å². The van der Waals surface area contributed by atoms with Crippen molar-refractivity contribution < 1.29 is 9.53 Å². The second-order valence-electron chi connectivity index (χ2n) is 3.70. The van der Waals surface area contributed by atoms with Gasteiger partial charge in [-0.1, -0.05) is 30.3 Å². The lowest BCUT2D eigenvalue weighted by atomic mass is 10.2. The SMILES string of the molecule is NC(C(=O)OCc1ccccc1)c1cnccn1. The molecule has 5 heteroatoms. The van der Waals surface area contributed by atoms with Gasteiger partial charge in [0.25, 0.3) is 0 Å². The number of hydrogen-bond acceptors (Lipinski definition) is 5. The summed E-state index contributed by atoms with van der Waals surface area (Å²) in [4.78, 5) is 19.5. The molecule has 1 atom stereocenters. The maximum Gasteiger partial charge on any atom is 0.329 e. The normalized spacial score (nSPS) is 11.8. The van der Waals surface area contributed by atoms with Gasteiger partial charge in [0.2, 0.25) is 0 Å². The molecule has 2 rings (SSSR count). The molecule has 0 aliphatic rings. The lowest BCUT2D eigenvalue weighted by Crippen LogP contribution is -2.24. The minimum absolute atomic E-state index is 0.202. The van der Waals surface area contributed by atoms with Crippen LogP contribution in [0.5, 0.6) is 0 Å². The summed E-state index contributed by atoms with van der Waals surface area (Å²) in [5, 5.41) is 0. The first kappa shape index (κ1) is 12.2. The minimum Gasteiger partial charge on any atom is -0.459 e. The molecule has 2 N–H and O–H groups in total. The van der Waals surface area contributed by atoms with Gasteiger partial charge >= 0.3 is 5.97 Å². The van der Waals surface area contributed by atoms with Crippen molar-refractivity contribution in [3.05, 3.63) is 60.2 Å². The molecule has 92 valence electrons. The number of hydrogen-bond donors (Lipinski definition) is 1. The van der Waals surface area contributed by atoms with Crippen LogP contribution < -0.4 is 5.73 Å². The highest BCUT2D eigenvalue weighted by Crippen LogP contribution is 2.09.